The normalized spacial score (nSPS) is 15.9. The average Bonchev–Trinajstić information content (AvgIpc) is 3.19. The van der Waals surface area contributed by atoms with Crippen LogP contribution in [0.25, 0.3) is 10.2 Å². The third-order valence-corrected chi connectivity index (χ3v) is 11.1. The number of rotatable bonds is 6. The maximum absolute atomic E-state index is 13.4. The first-order chi connectivity index (χ1) is 17.2. The van der Waals surface area contributed by atoms with E-state index in [0.717, 1.165) is 22.5 Å². The van der Waals surface area contributed by atoms with E-state index in [1.165, 1.54) is 20.7 Å². The van der Waals surface area contributed by atoms with Crippen LogP contribution in [0.15, 0.2) is 87.4 Å². The van der Waals surface area contributed by atoms with Crippen LogP contribution in [0.5, 0.6) is 0 Å². The molecule has 36 heavy (non-hydrogen) atoms. The van der Waals surface area contributed by atoms with Crippen molar-refractivity contribution in [1.29, 1.82) is 0 Å². The molecule has 0 unspecified atom stereocenters. The van der Waals surface area contributed by atoms with Gasteiger partial charge in [-0.2, -0.15) is 8.61 Å². The molecule has 0 radical (unpaired) electrons. The van der Waals surface area contributed by atoms with E-state index in [1.807, 2.05) is 37.3 Å². The van der Waals surface area contributed by atoms with Crippen LogP contribution >= 0.6 is 11.3 Å². The van der Waals surface area contributed by atoms with Crippen molar-refractivity contribution in [1.82, 2.24) is 13.2 Å². The summed E-state index contributed by atoms with van der Waals surface area (Å²) in [5.74, 6) is 0. The second-order valence-corrected chi connectivity index (χ2v) is 13.6. The third-order valence-electron chi connectivity index (χ3n) is 6.32. The number of benzene rings is 3. The first kappa shape index (κ1) is 24.8. The van der Waals surface area contributed by atoms with E-state index in [-0.39, 0.29) is 40.8 Å². The molecule has 0 N–H and O–H groups in total. The van der Waals surface area contributed by atoms with Gasteiger partial charge in [-0.15, -0.1) is 0 Å². The molecule has 0 aliphatic carbocycles. The Morgan fingerprint density at radius 1 is 0.750 bits per heavy atom. The largest absolute Gasteiger partial charge is 0.308 e. The van der Waals surface area contributed by atoms with Gasteiger partial charge in [-0.1, -0.05) is 59.4 Å². The van der Waals surface area contributed by atoms with E-state index in [9.17, 15) is 21.6 Å². The van der Waals surface area contributed by atoms with E-state index < -0.39 is 20.0 Å². The minimum Gasteiger partial charge on any atom is -0.294 e. The summed E-state index contributed by atoms with van der Waals surface area (Å²) in [5, 5.41) is 0. The molecule has 188 valence electrons. The SMILES string of the molecule is Cc1ccc(S(=O)(=O)N2CCN(S(=O)(=O)c3ccc4c(c3)sc(=O)n4Cc3ccccc3)CC2)cc1. The summed E-state index contributed by atoms with van der Waals surface area (Å²) < 4.78 is 57.5. The van der Waals surface area contributed by atoms with Gasteiger partial charge in [-0.25, -0.2) is 16.8 Å². The van der Waals surface area contributed by atoms with Crippen molar-refractivity contribution in [2.24, 2.45) is 0 Å². The predicted molar refractivity (Wildman–Crippen MR) is 140 cm³/mol. The Kier molecular flexibility index (Phi) is 6.60. The second-order valence-electron chi connectivity index (χ2n) is 8.69. The molecule has 2 heterocycles. The van der Waals surface area contributed by atoms with E-state index in [2.05, 4.69) is 0 Å². The predicted octanol–water partition coefficient (Wildman–Crippen LogP) is 3.11. The van der Waals surface area contributed by atoms with Crippen molar-refractivity contribution in [3.05, 3.63) is 93.6 Å². The molecule has 8 nitrogen and oxygen atoms in total. The van der Waals surface area contributed by atoms with Crippen molar-refractivity contribution >= 4 is 41.6 Å². The monoisotopic (exact) mass is 543 g/mol. The molecule has 0 spiro atoms. The number of hydrogen-bond donors (Lipinski definition) is 0. The van der Waals surface area contributed by atoms with Gasteiger partial charge in [0.1, 0.15) is 0 Å². The van der Waals surface area contributed by atoms with Gasteiger partial charge in [0.15, 0.2) is 0 Å². The molecule has 4 aromatic rings. The van der Waals surface area contributed by atoms with Crippen molar-refractivity contribution in [3.63, 3.8) is 0 Å². The number of aryl methyl sites for hydroxylation is 1. The Bertz CT molecular complexity index is 1670. The highest BCUT2D eigenvalue weighted by Gasteiger charge is 2.34. The van der Waals surface area contributed by atoms with Crippen LogP contribution in [-0.2, 0) is 26.6 Å². The molecule has 0 amide bonds. The molecule has 0 atom stereocenters. The molecule has 3 aromatic carbocycles. The lowest BCUT2D eigenvalue weighted by molar-refractivity contribution is 0.273. The van der Waals surface area contributed by atoms with Crippen LogP contribution in [0.3, 0.4) is 0 Å². The molecule has 1 aliphatic heterocycles. The van der Waals surface area contributed by atoms with Gasteiger partial charge in [-0.3, -0.25) is 9.36 Å². The van der Waals surface area contributed by atoms with Gasteiger partial charge < -0.3 is 0 Å². The van der Waals surface area contributed by atoms with Crippen LogP contribution in [0.2, 0.25) is 0 Å². The topological polar surface area (TPSA) is 96.8 Å². The molecule has 1 saturated heterocycles. The summed E-state index contributed by atoms with van der Waals surface area (Å²) in [6.07, 6.45) is 0. The van der Waals surface area contributed by atoms with Crippen LogP contribution in [0.1, 0.15) is 11.1 Å². The van der Waals surface area contributed by atoms with Gasteiger partial charge in [-0.05, 0) is 42.8 Å². The Labute approximate surface area is 214 Å². The highest BCUT2D eigenvalue weighted by molar-refractivity contribution is 7.89. The Morgan fingerprint density at radius 2 is 1.31 bits per heavy atom. The molecular formula is C25H25N3O5S3. The minimum absolute atomic E-state index is 0.0523. The zero-order chi connectivity index (χ0) is 25.5. The van der Waals surface area contributed by atoms with Crippen molar-refractivity contribution < 1.29 is 16.8 Å². The molecule has 1 aliphatic rings. The number of fused-ring (bicyclic) bond motifs is 1. The maximum Gasteiger partial charge on any atom is 0.308 e. The zero-order valence-electron chi connectivity index (χ0n) is 19.6. The standard InChI is InChI=1S/C25H25N3O5S3/c1-19-7-9-21(10-8-19)35(30,31)26-13-15-27(16-14-26)36(32,33)22-11-12-23-24(17-22)34-25(29)28(23)18-20-5-3-2-4-6-20/h2-12,17H,13-16,18H2,1H3. The molecule has 0 bridgehead atoms. The quantitative estimate of drug-likeness (QED) is 0.372. The van der Waals surface area contributed by atoms with Gasteiger partial charge in [0.25, 0.3) is 0 Å². The smallest absolute Gasteiger partial charge is 0.294 e. The molecule has 1 fully saturated rings. The van der Waals surface area contributed by atoms with Crippen LogP contribution in [0, 0.1) is 6.92 Å². The number of hydrogen-bond acceptors (Lipinski definition) is 6. The summed E-state index contributed by atoms with van der Waals surface area (Å²) in [5.41, 5.74) is 2.62. The third kappa shape index (κ3) is 4.64. The van der Waals surface area contributed by atoms with E-state index >= 15 is 0 Å². The van der Waals surface area contributed by atoms with Crippen molar-refractivity contribution in [3.8, 4) is 0 Å². The highest BCUT2D eigenvalue weighted by Crippen LogP contribution is 2.26. The van der Waals surface area contributed by atoms with Gasteiger partial charge in [0.2, 0.25) is 20.0 Å². The van der Waals surface area contributed by atoms with E-state index in [0.29, 0.717) is 16.8 Å². The van der Waals surface area contributed by atoms with Crippen LogP contribution < -0.4 is 4.87 Å². The fourth-order valence-electron chi connectivity index (χ4n) is 4.28. The fourth-order valence-corrected chi connectivity index (χ4v) is 8.16. The Hall–Kier alpha value is -2.83. The maximum atomic E-state index is 13.4. The minimum atomic E-state index is -3.85. The lowest BCUT2D eigenvalue weighted by Crippen LogP contribution is -2.50. The summed E-state index contributed by atoms with van der Waals surface area (Å²) in [7, 11) is -7.54. The van der Waals surface area contributed by atoms with Crippen molar-refractivity contribution in [2.75, 3.05) is 26.2 Å². The zero-order valence-corrected chi connectivity index (χ0v) is 22.0. The lowest BCUT2D eigenvalue weighted by atomic mass is 10.2. The summed E-state index contributed by atoms with van der Waals surface area (Å²) in [6.45, 7) is 2.53. The first-order valence-corrected chi connectivity index (χ1v) is 15.1. The van der Waals surface area contributed by atoms with Crippen LogP contribution in [-0.4, -0.2) is 56.2 Å². The highest BCUT2D eigenvalue weighted by atomic mass is 32.2. The lowest BCUT2D eigenvalue weighted by Gasteiger charge is -2.33. The Morgan fingerprint density at radius 3 is 1.92 bits per heavy atom. The van der Waals surface area contributed by atoms with Crippen LogP contribution in [0.4, 0.5) is 0 Å². The number of piperazine rings is 1. The van der Waals surface area contributed by atoms with E-state index in [1.54, 1.807) is 34.9 Å². The first-order valence-electron chi connectivity index (χ1n) is 11.4. The molecule has 11 heteroatoms. The summed E-state index contributed by atoms with van der Waals surface area (Å²) >= 11 is 1.01. The fraction of sp³-hybridized carbons (Fsp3) is 0.240. The average molecular weight is 544 g/mol. The summed E-state index contributed by atoms with van der Waals surface area (Å²) in [6, 6.07) is 20.9. The number of sulfonamides is 2. The van der Waals surface area contributed by atoms with Gasteiger partial charge in [0, 0.05) is 26.2 Å². The second kappa shape index (κ2) is 9.56. The summed E-state index contributed by atoms with van der Waals surface area (Å²) in [4.78, 5) is 12.8. The number of aromatic nitrogens is 1. The molecule has 5 rings (SSSR count). The number of thiazole rings is 1. The van der Waals surface area contributed by atoms with Crippen molar-refractivity contribution in [2.45, 2.75) is 23.3 Å². The Balaban J connectivity index is 1.35. The number of nitrogens with zero attached hydrogens (tertiary/aromatic N) is 3. The molecule has 1 aromatic heterocycles. The van der Waals surface area contributed by atoms with E-state index in [4.69, 9.17) is 0 Å². The molecular weight excluding hydrogens is 518 g/mol. The van der Waals surface area contributed by atoms with Gasteiger partial charge in [0.05, 0.1) is 26.6 Å². The van der Waals surface area contributed by atoms with Gasteiger partial charge >= 0.3 is 4.87 Å². The molecule has 0 saturated carbocycles.